The van der Waals surface area contributed by atoms with E-state index in [0.29, 0.717) is 18.8 Å². The molecule has 0 radical (unpaired) electrons. The molecule has 2 aliphatic rings. The largest absolute Gasteiger partial charge is 0.329 e. The first kappa shape index (κ1) is 13.1. The summed E-state index contributed by atoms with van der Waals surface area (Å²) in [7, 11) is 0. The van der Waals surface area contributed by atoms with Crippen molar-refractivity contribution in [3.05, 3.63) is 30.1 Å². The van der Waals surface area contributed by atoms with E-state index in [1.54, 1.807) is 30.0 Å². The van der Waals surface area contributed by atoms with Crippen LogP contribution in [-0.4, -0.2) is 35.8 Å². The fourth-order valence-electron chi connectivity index (χ4n) is 2.65. The Hall–Kier alpha value is -1.91. The molecule has 1 aliphatic carbocycles. The number of nitrogens with zero attached hydrogens (tertiary/aromatic N) is 2. The molecule has 4 nitrogen and oxygen atoms in total. The molecule has 1 saturated heterocycles. The van der Waals surface area contributed by atoms with Crippen LogP contribution in [0.1, 0.15) is 19.8 Å². The van der Waals surface area contributed by atoms with E-state index < -0.39 is 11.9 Å². The van der Waals surface area contributed by atoms with Crippen LogP contribution in [0.4, 0.5) is 10.1 Å². The number of para-hydroxylation sites is 1. The molecule has 1 heterocycles. The van der Waals surface area contributed by atoms with Crippen molar-refractivity contribution in [2.24, 2.45) is 5.92 Å². The van der Waals surface area contributed by atoms with Crippen molar-refractivity contribution in [3.8, 4) is 0 Å². The van der Waals surface area contributed by atoms with Crippen molar-refractivity contribution in [1.29, 1.82) is 0 Å². The molecule has 1 aromatic carbocycles. The lowest BCUT2D eigenvalue weighted by Crippen LogP contribution is -2.58. The van der Waals surface area contributed by atoms with Crippen molar-refractivity contribution >= 4 is 17.5 Å². The van der Waals surface area contributed by atoms with Gasteiger partial charge in [-0.2, -0.15) is 0 Å². The third-order valence-corrected chi connectivity index (χ3v) is 4.01. The van der Waals surface area contributed by atoms with Crippen molar-refractivity contribution in [2.45, 2.75) is 25.8 Å². The highest BCUT2D eigenvalue weighted by molar-refractivity contribution is 6.00. The van der Waals surface area contributed by atoms with E-state index in [0.717, 1.165) is 12.8 Å². The average molecular weight is 276 g/mol. The van der Waals surface area contributed by atoms with Crippen molar-refractivity contribution < 1.29 is 14.0 Å². The Kier molecular flexibility index (Phi) is 3.20. The number of hydrogen-bond acceptors (Lipinski definition) is 2. The summed E-state index contributed by atoms with van der Waals surface area (Å²) in [5.41, 5.74) is 0.294. The normalized spacial score (nSPS) is 23.1. The van der Waals surface area contributed by atoms with E-state index in [9.17, 15) is 14.0 Å². The lowest BCUT2D eigenvalue weighted by molar-refractivity contribution is -0.141. The average Bonchev–Trinajstić information content (AvgIpc) is 3.27. The van der Waals surface area contributed by atoms with Gasteiger partial charge in [0, 0.05) is 19.0 Å². The topological polar surface area (TPSA) is 40.6 Å². The maximum absolute atomic E-state index is 13.8. The van der Waals surface area contributed by atoms with Crippen molar-refractivity contribution in [2.75, 3.05) is 18.0 Å². The SMILES string of the molecule is CC1C(=O)N(c2ccccc2F)CCN1C(=O)C1CC1. The second-order valence-electron chi connectivity index (χ2n) is 5.42. The number of halogens is 1. The Morgan fingerprint density at radius 2 is 1.95 bits per heavy atom. The maximum Gasteiger partial charge on any atom is 0.249 e. The number of amides is 2. The molecule has 5 heteroatoms. The van der Waals surface area contributed by atoms with Gasteiger partial charge >= 0.3 is 0 Å². The van der Waals surface area contributed by atoms with Crippen LogP contribution < -0.4 is 4.90 Å². The van der Waals surface area contributed by atoms with Gasteiger partial charge < -0.3 is 9.80 Å². The Labute approximate surface area is 117 Å². The Bertz CT molecular complexity index is 557. The summed E-state index contributed by atoms with van der Waals surface area (Å²) in [5.74, 6) is -0.449. The summed E-state index contributed by atoms with van der Waals surface area (Å²) >= 11 is 0. The smallest absolute Gasteiger partial charge is 0.249 e. The molecular weight excluding hydrogens is 259 g/mol. The highest BCUT2D eigenvalue weighted by Crippen LogP contribution is 2.33. The molecule has 0 spiro atoms. The number of carbonyl (C=O) groups excluding carboxylic acids is 2. The standard InChI is InChI=1S/C15H17FN2O2/c1-10-14(19)18(13-5-3-2-4-12(13)16)9-8-17(10)15(20)11-6-7-11/h2-5,10-11H,6-9H2,1H3. The third kappa shape index (κ3) is 2.17. The summed E-state index contributed by atoms with van der Waals surface area (Å²) in [4.78, 5) is 27.6. The number of rotatable bonds is 2. The minimum absolute atomic E-state index is 0.0685. The predicted octanol–water partition coefficient (Wildman–Crippen LogP) is 1.80. The Balaban J connectivity index is 1.80. The van der Waals surface area contributed by atoms with Gasteiger partial charge in [0.25, 0.3) is 0 Å². The van der Waals surface area contributed by atoms with Crippen molar-refractivity contribution in [3.63, 3.8) is 0 Å². The van der Waals surface area contributed by atoms with Crippen LogP contribution in [0.2, 0.25) is 0 Å². The zero-order chi connectivity index (χ0) is 14.3. The molecule has 106 valence electrons. The van der Waals surface area contributed by atoms with Crippen LogP contribution >= 0.6 is 0 Å². The molecular formula is C15H17FN2O2. The fourth-order valence-corrected chi connectivity index (χ4v) is 2.65. The van der Waals surface area contributed by atoms with E-state index in [4.69, 9.17) is 0 Å². The number of benzene rings is 1. The Morgan fingerprint density at radius 3 is 2.60 bits per heavy atom. The molecule has 1 saturated carbocycles. The summed E-state index contributed by atoms with van der Waals surface area (Å²) in [6.07, 6.45) is 1.85. The molecule has 3 rings (SSSR count). The van der Waals surface area contributed by atoms with Crippen LogP contribution in [0.25, 0.3) is 0 Å². The second-order valence-corrected chi connectivity index (χ2v) is 5.42. The number of hydrogen-bond donors (Lipinski definition) is 0. The quantitative estimate of drug-likeness (QED) is 0.826. The lowest BCUT2D eigenvalue weighted by Gasteiger charge is -2.39. The van der Waals surface area contributed by atoms with Crippen LogP contribution in [0.5, 0.6) is 0 Å². The van der Waals surface area contributed by atoms with Gasteiger partial charge in [-0.05, 0) is 31.9 Å². The van der Waals surface area contributed by atoms with Crippen LogP contribution in [-0.2, 0) is 9.59 Å². The van der Waals surface area contributed by atoms with Crippen LogP contribution in [0.3, 0.4) is 0 Å². The minimum Gasteiger partial charge on any atom is -0.329 e. The van der Waals surface area contributed by atoms with Gasteiger partial charge in [0.05, 0.1) is 5.69 Å². The Morgan fingerprint density at radius 1 is 1.25 bits per heavy atom. The van der Waals surface area contributed by atoms with E-state index in [-0.39, 0.29) is 17.7 Å². The maximum atomic E-state index is 13.8. The van der Waals surface area contributed by atoms with E-state index in [1.807, 2.05) is 0 Å². The van der Waals surface area contributed by atoms with Gasteiger partial charge in [-0.3, -0.25) is 9.59 Å². The molecule has 0 aromatic heterocycles. The first-order valence-corrected chi connectivity index (χ1v) is 6.96. The van der Waals surface area contributed by atoms with Gasteiger partial charge in [0.2, 0.25) is 11.8 Å². The highest BCUT2D eigenvalue weighted by Gasteiger charge is 2.41. The van der Waals surface area contributed by atoms with Crippen LogP contribution in [0, 0.1) is 11.7 Å². The van der Waals surface area contributed by atoms with E-state index in [1.165, 1.54) is 11.0 Å². The second kappa shape index (κ2) is 4.89. The van der Waals surface area contributed by atoms with Gasteiger partial charge in [-0.25, -0.2) is 4.39 Å². The summed E-state index contributed by atoms with van der Waals surface area (Å²) in [5, 5.41) is 0. The predicted molar refractivity (Wildman–Crippen MR) is 72.7 cm³/mol. The molecule has 2 fully saturated rings. The first-order chi connectivity index (χ1) is 9.59. The third-order valence-electron chi connectivity index (χ3n) is 4.01. The van der Waals surface area contributed by atoms with Gasteiger partial charge in [0.15, 0.2) is 0 Å². The monoisotopic (exact) mass is 276 g/mol. The summed E-state index contributed by atoms with van der Waals surface area (Å²) in [6, 6.07) is 5.72. The zero-order valence-corrected chi connectivity index (χ0v) is 11.4. The minimum atomic E-state index is -0.517. The highest BCUT2D eigenvalue weighted by atomic mass is 19.1. The van der Waals surface area contributed by atoms with Gasteiger partial charge in [-0.1, -0.05) is 12.1 Å². The summed E-state index contributed by atoms with van der Waals surface area (Å²) in [6.45, 7) is 2.54. The molecule has 1 aliphatic heterocycles. The number of anilines is 1. The van der Waals surface area contributed by atoms with Gasteiger partial charge in [-0.15, -0.1) is 0 Å². The first-order valence-electron chi connectivity index (χ1n) is 6.96. The number of piperazine rings is 1. The number of carbonyl (C=O) groups is 2. The fraction of sp³-hybridized carbons (Fsp3) is 0.467. The molecule has 1 unspecified atom stereocenters. The molecule has 1 aromatic rings. The van der Waals surface area contributed by atoms with Gasteiger partial charge in [0.1, 0.15) is 11.9 Å². The van der Waals surface area contributed by atoms with Crippen molar-refractivity contribution in [1.82, 2.24) is 4.90 Å². The van der Waals surface area contributed by atoms with Crippen LogP contribution in [0.15, 0.2) is 24.3 Å². The molecule has 0 N–H and O–H groups in total. The molecule has 0 bridgehead atoms. The van der Waals surface area contributed by atoms with E-state index >= 15 is 0 Å². The summed E-state index contributed by atoms with van der Waals surface area (Å²) < 4.78 is 13.8. The van der Waals surface area contributed by atoms with E-state index in [2.05, 4.69) is 0 Å². The molecule has 20 heavy (non-hydrogen) atoms. The zero-order valence-electron chi connectivity index (χ0n) is 11.4. The molecule has 1 atom stereocenters. The molecule has 2 amide bonds. The lowest BCUT2D eigenvalue weighted by atomic mass is 10.1.